The van der Waals surface area contributed by atoms with Gasteiger partial charge in [0.15, 0.2) is 0 Å². The number of thioether (sulfide) groups is 1. The van der Waals surface area contributed by atoms with Gasteiger partial charge in [-0.05, 0) is 55.9 Å². The molecule has 0 heterocycles. The topological polar surface area (TPSA) is 157 Å². The molecule has 0 saturated heterocycles. The third kappa shape index (κ3) is 11.5. The highest BCUT2D eigenvalue weighted by molar-refractivity contribution is 7.99. The maximum atomic E-state index is 13.4. The number of benzene rings is 1. The highest BCUT2D eigenvalue weighted by Crippen LogP contribution is 2.29. The summed E-state index contributed by atoms with van der Waals surface area (Å²) in [5.74, 6) is -2.81. The van der Waals surface area contributed by atoms with Crippen molar-refractivity contribution in [2.24, 2.45) is 17.8 Å². The maximum Gasteiger partial charge on any atom is 0.248 e. The summed E-state index contributed by atoms with van der Waals surface area (Å²) in [5.41, 5.74) is 1.68. The molecule has 1 aromatic rings. The summed E-state index contributed by atoms with van der Waals surface area (Å²) in [7, 11) is 1.49. The standard InChI is InChI=1S/C24H38N4O6S/c1-15(2)13-19(20(23(32)28-34)14-35-18-10-8-17(30)9-11-18)22(31)27-21(24(33)25-4)7-5-6-12-26-16(3)29/h8-11,15,19-21,30,34H,5-7,12-14H2,1-4H3,(H,25,33)(H,26,29)(H,27,31)(H,28,32)/t19-,20+,21+/m1/s1. The normalized spacial score (nSPS) is 13.4. The summed E-state index contributed by atoms with van der Waals surface area (Å²) in [4.78, 5) is 50.2. The zero-order valence-corrected chi connectivity index (χ0v) is 21.6. The number of amides is 4. The molecule has 0 bridgehead atoms. The van der Waals surface area contributed by atoms with Crippen LogP contribution in [-0.2, 0) is 19.2 Å². The molecule has 3 atom stereocenters. The second-order valence-electron chi connectivity index (χ2n) is 8.78. The Morgan fingerprint density at radius 3 is 2.17 bits per heavy atom. The van der Waals surface area contributed by atoms with Crippen LogP contribution in [0.1, 0.15) is 46.5 Å². The second kappa shape index (κ2) is 16.0. The summed E-state index contributed by atoms with van der Waals surface area (Å²) in [6, 6.07) is 5.67. The molecule has 11 heteroatoms. The van der Waals surface area contributed by atoms with Crippen LogP contribution in [0.2, 0.25) is 0 Å². The van der Waals surface area contributed by atoms with Gasteiger partial charge in [0.1, 0.15) is 11.8 Å². The quantitative estimate of drug-likeness (QED) is 0.0909. The second-order valence-corrected chi connectivity index (χ2v) is 9.87. The molecule has 0 radical (unpaired) electrons. The highest BCUT2D eigenvalue weighted by Gasteiger charge is 2.36. The lowest BCUT2D eigenvalue weighted by Gasteiger charge is -2.28. The first-order valence-electron chi connectivity index (χ1n) is 11.7. The van der Waals surface area contributed by atoms with E-state index in [1.165, 1.54) is 37.9 Å². The molecule has 0 aliphatic heterocycles. The van der Waals surface area contributed by atoms with Crippen molar-refractivity contribution in [3.63, 3.8) is 0 Å². The predicted molar refractivity (Wildman–Crippen MR) is 134 cm³/mol. The van der Waals surface area contributed by atoms with Crippen LogP contribution >= 0.6 is 11.8 Å². The summed E-state index contributed by atoms with van der Waals surface area (Å²) < 4.78 is 0. The molecule has 1 rings (SSSR count). The van der Waals surface area contributed by atoms with E-state index in [0.717, 1.165) is 4.90 Å². The molecule has 6 N–H and O–H groups in total. The molecule has 0 saturated carbocycles. The fourth-order valence-corrected chi connectivity index (χ4v) is 4.69. The van der Waals surface area contributed by atoms with Gasteiger partial charge in [0.25, 0.3) is 0 Å². The molecule has 1 aromatic carbocycles. The Hall–Kier alpha value is -2.79. The van der Waals surface area contributed by atoms with Gasteiger partial charge in [-0.2, -0.15) is 0 Å². The zero-order chi connectivity index (χ0) is 26.4. The van der Waals surface area contributed by atoms with Gasteiger partial charge in [0.05, 0.1) is 11.8 Å². The van der Waals surface area contributed by atoms with Crippen LogP contribution in [0.4, 0.5) is 0 Å². The van der Waals surface area contributed by atoms with E-state index in [1.807, 2.05) is 13.8 Å². The zero-order valence-electron chi connectivity index (χ0n) is 20.8. The van der Waals surface area contributed by atoms with E-state index < -0.39 is 29.7 Å². The minimum atomic E-state index is -0.855. The van der Waals surface area contributed by atoms with Gasteiger partial charge in [0.2, 0.25) is 23.6 Å². The predicted octanol–water partition coefficient (Wildman–Crippen LogP) is 1.81. The maximum absolute atomic E-state index is 13.4. The first-order valence-corrected chi connectivity index (χ1v) is 12.7. The van der Waals surface area contributed by atoms with Crippen molar-refractivity contribution in [3.8, 4) is 5.75 Å². The first kappa shape index (κ1) is 30.2. The fraction of sp³-hybridized carbons (Fsp3) is 0.583. The third-order valence-electron chi connectivity index (χ3n) is 5.43. The van der Waals surface area contributed by atoms with E-state index in [0.29, 0.717) is 32.2 Å². The number of hydrogen-bond donors (Lipinski definition) is 6. The summed E-state index contributed by atoms with van der Waals surface area (Å²) >= 11 is 1.33. The number of hydrogen-bond acceptors (Lipinski definition) is 7. The number of carbonyl (C=O) groups excluding carboxylic acids is 4. The van der Waals surface area contributed by atoms with E-state index in [4.69, 9.17) is 0 Å². The number of nitrogens with one attached hydrogen (secondary N) is 4. The largest absolute Gasteiger partial charge is 0.508 e. The molecule has 35 heavy (non-hydrogen) atoms. The SMILES string of the molecule is CNC(=O)[C@H](CCCCNC(C)=O)NC(=O)[C@H](CC(C)C)[C@H](CSc1ccc(O)cc1)C(=O)NO. The molecule has 0 aromatic heterocycles. The molecular weight excluding hydrogens is 472 g/mol. The molecule has 0 fully saturated rings. The van der Waals surface area contributed by atoms with Gasteiger partial charge in [-0.3, -0.25) is 24.4 Å². The first-order chi connectivity index (χ1) is 16.6. The molecule has 4 amide bonds. The van der Waals surface area contributed by atoms with E-state index in [2.05, 4.69) is 16.0 Å². The molecular formula is C24H38N4O6S. The van der Waals surface area contributed by atoms with Gasteiger partial charge < -0.3 is 21.1 Å². The van der Waals surface area contributed by atoms with Gasteiger partial charge in [-0.15, -0.1) is 11.8 Å². The van der Waals surface area contributed by atoms with Crippen molar-refractivity contribution in [2.75, 3.05) is 19.3 Å². The molecule has 196 valence electrons. The minimum absolute atomic E-state index is 0.0783. The molecule has 0 spiro atoms. The van der Waals surface area contributed by atoms with Crippen LogP contribution in [0, 0.1) is 17.8 Å². The molecule has 0 aliphatic rings. The lowest BCUT2D eigenvalue weighted by atomic mass is 9.84. The van der Waals surface area contributed by atoms with Crippen molar-refractivity contribution in [3.05, 3.63) is 24.3 Å². The summed E-state index contributed by atoms with van der Waals surface area (Å²) in [6.07, 6.45) is 2.00. The van der Waals surface area contributed by atoms with Crippen molar-refractivity contribution in [1.82, 2.24) is 21.4 Å². The number of hydroxylamine groups is 1. The van der Waals surface area contributed by atoms with Crippen molar-refractivity contribution in [1.29, 1.82) is 0 Å². The smallest absolute Gasteiger partial charge is 0.248 e. The van der Waals surface area contributed by atoms with E-state index in [-0.39, 0.29) is 29.2 Å². The van der Waals surface area contributed by atoms with E-state index >= 15 is 0 Å². The Labute approximate surface area is 211 Å². The number of phenolic OH excluding ortho intramolecular Hbond substituents is 1. The number of unbranched alkanes of at least 4 members (excludes halogenated alkanes) is 1. The minimum Gasteiger partial charge on any atom is -0.508 e. The molecule has 0 unspecified atom stereocenters. The van der Waals surface area contributed by atoms with Gasteiger partial charge in [0, 0.05) is 31.2 Å². The number of phenols is 1. The number of carbonyl (C=O) groups is 4. The van der Waals surface area contributed by atoms with Crippen molar-refractivity contribution >= 4 is 35.4 Å². The van der Waals surface area contributed by atoms with Crippen LogP contribution in [-0.4, -0.2) is 59.3 Å². The third-order valence-corrected chi connectivity index (χ3v) is 6.57. The van der Waals surface area contributed by atoms with Crippen molar-refractivity contribution < 1.29 is 29.5 Å². The Kier molecular flexibility index (Phi) is 13.8. The Balaban J connectivity index is 2.98. The van der Waals surface area contributed by atoms with Crippen LogP contribution in [0.3, 0.4) is 0 Å². The van der Waals surface area contributed by atoms with Crippen LogP contribution in [0.5, 0.6) is 5.75 Å². The average Bonchev–Trinajstić information content (AvgIpc) is 2.82. The number of likely N-dealkylation sites (N-methyl/N-ethyl adjacent to an activating group) is 1. The number of aromatic hydroxyl groups is 1. The Morgan fingerprint density at radius 1 is 0.971 bits per heavy atom. The Morgan fingerprint density at radius 2 is 1.63 bits per heavy atom. The lowest BCUT2D eigenvalue weighted by molar-refractivity contribution is -0.140. The van der Waals surface area contributed by atoms with Gasteiger partial charge in [-0.1, -0.05) is 13.8 Å². The average molecular weight is 511 g/mol. The fourth-order valence-electron chi connectivity index (χ4n) is 3.61. The van der Waals surface area contributed by atoms with Crippen LogP contribution in [0.15, 0.2) is 29.2 Å². The van der Waals surface area contributed by atoms with Gasteiger partial charge >= 0.3 is 0 Å². The number of rotatable bonds is 15. The monoisotopic (exact) mass is 510 g/mol. The lowest BCUT2D eigenvalue weighted by Crippen LogP contribution is -2.50. The van der Waals surface area contributed by atoms with Crippen LogP contribution in [0.25, 0.3) is 0 Å². The molecule has 0 aliphatic carbocycles. The summed E-state index contributed by atoms with van der Waals surface area (Å²) in [6.45, 7) is 5.77. The van der Waals surface area contributed by atoms with E-state index in [1.54, 1.807) is 17.6 Å². The van der Waals surface area contributed by atoms with Crippen LogP contribution < -0.4 is 21.4 Å². The highest BCUT2D eigenvalue weighted by atomic mass is 32.2. The van der Waals surface area contributed by atoms with Crippen molar-refractivity contribution in [2.45, 2.75) is 57.4 Å². The van der Waals surface area contributed by atoms with Gasteiger partial charge in [-0.25, -0.2) is 5.48 Å². The van der Waals surface area contributed by atoms with E-state index in [9.17, 15) is 29.5 Å². The Bertz CT molecular complexity index is 834. The summed E-state index contributed by atoms with van der Waals surface area (Å²) in [5, 5.41) is 26.9. The molecule has 10 nitrogen and oxygen atoms in total.